The van der Waals surface area contributed by atoms with Gasteiger partial charge in [-0.15, -0.1) is 0 Å². The molecule has 1 nitrogen and oxygen atoms in total. The summed E-state index contributed by atoms with van der Waals surface area (Å²) in [6.07, 6.45) is 8.02. The van der Waals surface area contributed by atoms with E-state index in [1.165, 1.54) is 61.0 Å². The molecular formula is C22H31N. The first-order valence-corrected chi connectivity index (χ1v) is 9.13. The van der Waals surface area contributed by atoms with Crippen molar-refractivity contribution in [2.24, 2.45) is 0 Å². The molecule has 23 heavy (non-hydrogen) atoms. The zero-order valence-corrected chi connectivity index (χ0v) is 15.0. The second-order valence-electron chi connectivity index (χ2n) is 6.49. The van der Waals surface area contributed by atoms with E-state index in [2.05, 4.69) is 74.2 Å². The van der Waals surface area contributed by atoms with E-state index in [1.54, 1.807) is 0 Å². The highest BCUT2D eigenvalue weighted by atomic mass is 15.1. The van der Waals surface area contributed by atoms with Gasteiger partial charge in [0.2, 0.25) is 0 Å². The van der Waals surface area contributed by atoms with Gasteiger partial charge < -0.3 is 4.90 Å². The lowest BCUT2D eigenvalue weighted by Gasteiger charge is -2.28. The molecule has 0 saturated carbocycles. The summed E-state index contributed by atoms with van der Waals surface area (Å²) < 4.78 is 0. The molecule has 0 aliphatic rings. The summed E-state index contributed by atoms with van der Waals surface area (Å²) in [6, 6.07) is 17.5. The standard InChI is InChI=1S/C22H31N/c1-4-5-6-7-8-13-18-23(21-16-11-9-14-19(21)2)22-17-12-10-15-20(22)3/h9-12,14-17H,4-8,13,18H2,1-3H3. The summed E-state index contributed by atoms with van der Waals surface area (Å²) in [5.74, 6) is 0. The van der Waals surface area contributed by atoms with Crippen LogP contribution in [0.25, 0.3) is 0 Å². The van der Waals surface area contributed by atoms with Crippen LogP contribution in [-0.4, -0.2) is 6.54 Å². The maximum atomic E-state index is 2.50. The predicted molar refractivity (Wildman–Crippen MR) is 103 cm³/mol. The Balaban J connectivity index is 2.10. The Hall–Kier alpha value is -1.76. The fraction of sp³-hybridized carbons (Fsp3) is 0.455. The third-order valence-corrected chi connectivity index (χ3v) is 4.55. The summed E-state index contributed by atoms with van der Waals surface area (Å²) in [6.45, 7) is 7.80. The molecule has 0 amide bonds. The number of hydrogen-bond donors (Lipinski definition) is 0. The van der Waals surface area contributed by atoms with Crippen molar-refractivity contribution in [1.82, 2.24) is 0 Å². The molecule has 0 radical (unpaired) electrons. The van der Waals surface area contributed by atoms with Crippen LogP contribution in [0, 0.1) is 13.8 Å². The first-order chi connectivity index (χ1) is 11.2. The number of benzene rings is 2. The molecule has 0 spiro atoms. The van der Waals surface area contributed by atoms with Crippen LogP contribution < -0.4 is 4.90 Å². The monoisotopic (exact) mass is 309 g/mol. The number of rotatable bonds is 9. The molecule has 0 bridgehead atoms. The minimum Gasteiger partial charge on any atom is -0.341 e. The van der Waals surface area contributed by atoms with Gasteiger partial charge in [0, 0.05) is 17.9 Å². The molecule has 0 heterocycles. The van der Waals surface area contributed by atoms with E-state index in [1.807, 2.05) is 0 Å². The zero-order chi connectivity index (χ0) is 16.5. The normalized spacial score (nSPS) is 10.7. The van der Waals surface area contributed by atoms with Crippen molar-refractivity contribution < 1.29 is 0 Å². The van der Waals surface area contributed by atoms with Crippen LogP contribution >= 0.6 is 0 Å². The van der Waals surface area contributed by atoms with Gasteiger partial charge in [-0.3, -0.25) is 0 Å². The van der Waals surface area contributed by atoms with E-state index >= 15 is 0 Å². The van der Waals surface area contributed by atoms with E-state index in [-0.39, 0.29) is 0 Å². The summed E-state index contributed by atoms with van der Waals surface area (Å²) in [4.78, 5) is 2.50. The fourth-order valence-corrected chi connectivity index (χ4v) is 3.15. The number of anilines is 2. The topological polar surface area (TPSA) is 3.24 Å². The van der Waals surface area contributed by atoms with Crippen molar-refractivity contribution in [3.05, 3.63) is 59.7 Å². The van der Waals surface area contributed by atoms with E-state index in [9.17, 15) is 0 Å². The number of hydrogen-bond acceptors (Lipinski definition) is 1. The molecule has 124 valence electrons. The smallest absolute Gasteiger partial charge is 0.0440 e. The van der Waals surface area contributed by atoms with Crippen molar-refractivity contribution >= 4 is 11.4 Å². The molecule has 0 fully saturated rings. The van der Waals surface area contributed by atoms with Gasteiger partial charge in [-0.2, -0.15) is 0 Å². The summed E-state index contributed by atoms with van der Waals surface area (Å²) in [5, 5.41) is 0. The van der Waals surface area contributed by atoms with Crippen molar-refractivity contribution in [1.29, 1.82) is 0 Å². The summed E-state index contributed by atoms with van der Waals surface area (Å²) >= 11 is 0. The minimum atomic E-state index is 1.10. The largest absolute Gasteiger partial charge is 0.341 e. The average Bonchev–Trinajstić information content (AvgIpc) is 2.56. The van der Waals surface area contributed by atoms with E-state index in [0.717, 1.165) is 6.54 Å². The van der Waals surface area contributed by atoms with Gasteiger partial charge in [-0.25, -0.2) is 0 Å². The van der Waals surface area contributed by atoms with E-state index in [4.69, 9.17) is 0 Å². The Morgan fingerprint density at radius 1 is 0.652 bits per heavy atom. The molecule has 0 atom stereocenters. The van der Waals surface area contributed by atoms with Gasteiger partial charge >= 0.3 is 0 Å². The number of nitrogens with zero attached hydrogens (tertiary/aromatic N) is 1. The molecule has 0 aliphatic heterocycles. The zero-order valence-electron chi connectivity index (χ0n) is 15.0. The van der Waals surface area contributed by atoms with Crippen molar-refractivity contribution in [2.45, 2.75) is 59.3 Å². The second kappa shape index (κ2) is 9.39. The van der Waals surface area contributed by atoms with Crippen LogP contribution in [-0.2, 0) is 0 Å². The lowest BCUT2D eigenvalue weighted by molar-refractivity contribution is 0.609. The van der Waals surface area contributed by atoms with Crippen molar-refractivity contribution in [3.63, 3.8) is 0 Å². The molecule has 2 aromatic rings. The first-order valence-electron chi connectivity index (χ1n) is 9.13. The Labute approximate surface area is 142 Å². The first kappa shape index (κ1) is 17.6. The highest BCUT2D eigenvalue weighted by molar-refractivity contribution is 5.68. The molecule has 2 aromatic carbocycles. The highest BCUT2D eigenvalue weighted by Crippen LogP contribution is 2.31. The Kier molecular flexibility index (Phi) is 7.19. The van der Waals surface area contributed by atoms with Gasteiger partial charge in [0.25, 0.3) is 0 Å². The third kappa shape index (κ3) is 5.13. The third-order valence-electron chi connectivity index (χ3n) is 4.55. The van der Waals surface area contributed by atoms with Crippen LogP contribution in [0.2, 0.25) is 0 Å². The van der Waals surface area contributed by atoms with Crippen LogP contribution in [0.5, 0.6) is 0 Å². The number of unbranched alkanes of at least 4 members (excludes halogenated alkanes) is 5. The summed E-state index contributed by atoms with van der Waals surface area (Å²) in [7, 11) is 0. The van der Waals surface area contributed by atoms with Crippen LogP contribution in [0.1, 0.15) is 56.6 Å². The van der Waals surface area contributed by atoms with Gasteiger partial charge in [0.05, 0.1) is 0 Å². The Bertz CT molecular complexity index is 543. The molecular weight excluding hydrogens is 278 g/mol. The molecule has 1 heteroatoms. The molecule has 0 aromatic heterocycles. The van der Waals surface area contributed by atoms with Gasteiger partial charge in [-0.1, -0.05) is 75.4 Å². The number of aryl methyl sites for hydroxylation is 2. The van der Waals surface area contributed by atoms with E-state index < -0.39 is 0 Å². The molecule has 2 rings (SSSR count). The molecule has 0 unspecified atom stereocenters. The Morgan fingerprint density at radius 3 is 1.65 bits per heavy atom. The van der Waals surface area contributed by atoms with Crippen molar-refractivity contribution in [2.75, 3.05) is 11.4 Å². The second-order valence-corrected chi connectivity index (χ2v) is 6.49. The maximum Gasteiger partial charge on any atom is 0.0440 e. The van der Waals surface area contributed by atoms with Crippen LogP contribution in [0.15, 0.2) is 48.5 Å². The average molecular weight is 309 g/mol. The minimum absolute atomic E-state index is 1.10. The van der Waals surface area contributed by atoms with Crippen LogP contribution in [0.4, 0.5) is 11.4 Å². The van der Waals surface area contributed by atoms with Gasteiger partial charge in [0.1, 0.15) is 0 Å². The summed E-state index contributed by atoms with van der Waals surface area (Å²) in [5.41, 5.74) is 5.38. The van der Waals surface area contributed by atoms with Crippen LogP contribution in [0.3, 0.4) is 0 Å². The molecule has 0 saturated heterocycles. The quantitative estimate of drug-likeness (QED) is 0.460. The molecule has 0 aliphatic carbocycles. The van der Waals surface area contributed by atoms with Gasteiger partial charge in [-0.05, 0) is 43.5 Å². The van der Waals surface area contributed by atoms with E-state index in [0.29, 0.717) is 0 Å². The maximum absolute atomic E-state index is 2.50. The van der Waals surface area contributed by atoms with Gasteiger partial charge in [0.15, 0.2) is 0 Å². The number of para-hydroxylation sites is 2. The van der Waals surface area contributed by atoms with Crippen molar-refractivity contribution in [3.8, 4) is 0 Å². The fourth-order valence-electron chi connectivity index (χ4n) is 3.15. The molecule has 0 N–H and O–H groups in total. The predicted octanol–water partition coefficient (Wildman–Crippen LogP) is 6.80. The lowest BCUT2D eigenvalue weighted by Crippen LogP contribution is -2.20. The SMILES string of the molecule is CCCCCCCCN(c1ccccc1C)c1ccccc1C. The lowest BCUT2D eigenvalue weighted by atomic mass is 10.1. The highest BCUT2D eigenvalue weighted by Gasteiger charge is 2.12. The Morgan fingerprint density at radius 2 is 1.13 bits per heavy atom.